The lowest BCUT2D eigenvalue weighted by atomic mass is 10.2. The summed E-state index contributed by atoms with van der Waals surface area (Å²) in [6.07, 6.45) is 0. The van der Waals surface area contributed by atoms with Crippen molar-refractivity contribution < 1.29 is 13.5 Å². The van der Waals surface area contributed by atoms with Crippen LogP contribution in [-0.2, 0) is 6.61 Å². The first-order valence-corrected chi connectivity index (χ1v) is 7.89. The third kappa shape index (κ3) is 3.72. The molecule has 0 aliphatic rings. The molecule has 0 fully saturated rings. The smallest absolute Gasteiger partial charge is 0.259 e. The Bertz CT molecular complexity index is 985. The van der Waals surface area contributed by atoms with Gasteiger partial charge in [0.1, 0.15) is 24.0 Å². The highest BCUT2D eigenvalue weighted by Gasteiger charge is 2.10. The van der Waals surface area contributed by atoms with E-state index in [0.717, 1.165) is 12.1 Å². The molecule has 0 bridgehead atoms. The number of benzene rings is 2. The number of para-hydroxylation sites is 1. The van der Waals surface area contributed by atoms with Crippen LogP contribution >= 0.6 is 11.6 Å². The van der Waals surface area contributed by atoms with E-state index in [1.54, 1.807) is 37.3 Å². The van der Waals surface area contributed by atoms with E-state index in [1.165, 1.54) is 16.7 Å². The zero-order chi connectivity index (χ0) is 18.0. The van der Waals surface area contributed by atoms with Crippen LogP contribution in [0.15, 0.2) is 59.4 Å². The van der Waals surface area contributed by atoms with Crippen molar-refractivity contribution in [3.8, 4) is 11.4 Å². The summed E-state index contributed by atoms with van der Waals surface area (Å²) in [7, 11) is 0. The zero-order valence-corrected chi connectivity index (χ0v) is 14.1. The maximum Gasteiger partial charge on any atom is 0.259 e. The first kappa shape index (κ1) is 17.2. The molecule has 0 radical (unpaired) electrons. The van der Waals surface area contributed by atoms with E-state index in [4.69, 9.17) is 16.3 Å². The molecular formula is C19H14ClF2NO2. The standard InChI is InChI=1S/C19H14ClF2NO2/c1-12-8-15(25-11-13-6-7-14(21)9-17(13)22)10-19(24)23(12)18-5-3-2-4-16(18)20/h2-10H,11H2,1H3. The molecule has 1 heterocycles. The first-order valence-electron chi connectivity index (χ1n) is 7.51. The molecule has 3 aromatic rings. The summed E-state index contributed by atoms with van der Waals surface area (Å²) in [4.78, 5) is 12.4. The van der Waals surface area contributed by atoms with Gasteiger partial charge in [-0.2, -0.15) is 0 Å². The third-order valence-electron chi connectivity index (χ3n) is 3.69. The van der Waals surface area contributed by atoms with E-state index in [9.17, 15) is 13.6 Å². The van der Waals surface area contributed by atoms with Crippen LogP contribution in [-0.4, -0.2) is 4.57 Å². The minimum atomic E-state index is -0.693. The quantitative estimate of drug-likeness (QED) is 0.677. The van der Waals surface area contributed by atoms with Gasteiger partial charge in [0.05, 0.1) is 10.7 Å². The maximum absolute atomic E-state index is 13.6. The Morgan fingerprint density at radius 3 is 2.52 bits per heavy atom. The van der Waals surface area contributed by atoms with Crippen LogP contribution in [0.25, 0.3) is 5.69 Å². The number of aryl methyl sites for hydroxylation is 1. The normalized spacial score (nSPS) is 10.7. The van der Waals surface area contributed by atoms with Gasteiger partial charge in [-0.15, -0.1) is 0 Å². The topological polar surface area (TPSA) is 31.2 Å². The van der Waals surface area contributed by atoms with E-state index in [-0.39, 0.29) is 17.7 Å². The van der Waals surface area contributed by atoms with Crippen LogP contribution in [0.4, 0.5) is 8.78 Å². The van der Waals surface area contributed by atoms with Gasteiger partial charge in [0.15, 0.2) is 0 Å². The molecule has 0 aliphatic heterocycles. The van der Waals surface area contributed by atoms with Crippen molar-refractivity contribution in [1.29, 1.82) is 0 Å². The first-order chi connectivity index (χ1) is 12.0. The molecule has 0 aliphatic carbocycles. The second kappa shape index (κ2) is 7.07. The number of halogens is 3. The third-order valence-corrected chi connectivity index (χ3v) is 4.01. The summed E-state index contributed by atoms with van der Waals surface area (Å²) in [5.41, 5.74) is 1.08. The Kier molecular flexibility index (Phi) is 4.86. The molecule has 128 valence electrons. The molecule has 25 heavy (non-hydrogen) atoms. The lowest BCUT2D eigenvalue weighted by Crippen LogP contribution is -2.20. The molecule has 0 amide bonds. The largest absolute Gasteiger partial charge is 0.489 e. The van der Waals surface area contributed by atoms with Gasteiger partial charge in [0.2, 0.25) is 0 Å². The number of pyridine rings is 1. The predicted molar refractivity (Wildman–Crippen MR) is 92.5 cm³/mol. The minimum Gasteiger partial charge on any atom is -0.489 e. The van der Waals surface area contributed by atoms with Crippen LogP contribution in [0.1, 0.15) is 11.3 Å². The molecule has 0 saturated heterocycles. The van der Waals surface area contributed by atoms with Crippen molar-refractivity contribution in [1.82, 2.24) is 4.57 Å². The number of hydrogen-bond acceptors (Lipinski definition) is 2. The van der Waals surface area contributed by atoms with Gasteiger partial charge in [-0.25, -0.2) is 8.78 Å². The van der Waals surface area contributed by atoms with E-state index in [1.807, 2.05) is 0 Å². The van der Waals surface area contributed by atoms with Crippen LogP contribution in [0.5, 0.6) is 5.75 Å². The summed E-state index contributed by atoms with van der Waals surface area (Å²) in [6.45, 7) is 1.64. The number of nitrogens with zero attached hydrogens (tertiary/aromatic N) is 1. The molecular weight excluding hydrogens is 348 g/mol. The highest BCUT2D eigenvalue weighted by atomic mass is 35.5. The van der Waals surface area contributed by atoms with Crippen molar-refractivity contribution in [3.05, 3.63) is 92.9 Å². The van der Waals surface area contributed by atoms with Gasteiger partial charge in [-0.1, -0.05) is 23.7 Å². The molecule has 0 unspecified atom stereocenters. The second-order valence-electron chi connectivity index (χ2n) is 5.48. The van der Waals surface area contributed by atoms with Crippen LogP contribution in [0.2, 0.25) is 5.02 Å². The van der Waals surface area contributed by atoms with E-state index in [0.29, 0.717) is 22.2 Å². The lowest BCUT2D eigenvalue weighted by molar-refractivity contribution is 0.298. The average Bonchev–Trinajstić information content (AvgIpc) is 2.55. The lowest BCUT2D eigenvalue weighted by Gasteiger charge is -2.14. The Hall–Kier alpha value is -2.66. The fraction of sp³-hybridized carbons (Fsp3) is 0.105. The monoisotopic (exact) mass is 361 g/mol. The number of hydrogen-bond donors (Lipinski definition) is 0. The molecule has 0 atom stereocenters. The highest BCUT2D eigenvalue weighted by molar-refractivity contribution is 6.32. The number of rotatable bonds is 4. The summed E-state index contributed by atoms with van der Waals surface area (Å²) >= 11 is 6.15. The molecule has 1 aromatic heterocycles. The van der Waals surface area contributed by atoms with E-state index < -0.39 is 11.6 Å². The predicted octanol–water partition coefficient (Wildman–Crippen LogP) is 4.66. The van der Waals surface area contributed by atoms with Gasteiger partial charge >= 0.3 is 0 Å². The molecule has 2 aromatic carbocycles. The van der Waals surface area contributed by atoms with Gasteiger partial charge in [-0.3, -0.25) is 9.36 Å². The second-order valence-corrected chi connectivity index (χ2v) is 5.89. The molecule has 0 spiro atoms. The van der Waals surface area contributed by atoms with Crippen LogP contribution in [0.3, 0.4) is 0 Å². The Morgan fingerprint density at radius 1 is 1.08 bits per heavy atom. The van der Waals surface area contributed by atoms with Gasteiger partial charge in [0, 0.05) is 29.5 Å². The highest BCUT2D eigenvalue weighted by Crippen LogP contribution is 2.22. The van der Waals surface area contributed by atoms with Crippen LogP contribution in [0, 0.1) is 18.6 Å². The molecule has 0 N–H and O–H groups in total. The molecule has 3 rings (SSSR count). The van der Waals surface area contributed by atoms with Gasteiger partial charge in [0.25, 0.3) is 5.56 Å². The Labute approximate surface area is 148 Å². The van der Waals surface area contributed by atoms with Crippen molar-refractivity contribution in [2.75, 3.05) is 0 Å². The molecule has 6 heteroatoms. The van der Waals surface area contributed by atoms with Crippen molar-refractivity contribution in [2.24, 2.45) is 0 Å². The summed E-state index contributed by atoms with van der Waals surface area (Å²) in [5.74, 6) is -1.05. The number of aromatic nitrogens is 1. The van der Waals surface area contributed by atoms with E-state index in [2.05, 4.69) is 0 Å². The van der Waals surface area contributed by atoms with Crippen LogP contribution < -0.4 is 10.3 Å². The zero-order valence-electron chi connectivity index (χ0n) is 13.3. The van der Waals surface area contributed by atoms with Gasteiger partial charge in [-0.05, 0) is 31.2 Å². The maximum atomic E-state index is 13.6. The fourth-order valence-electron chi connectivity index (χ4n) is 2.50. The summed E-state index contributed by atoms with van der Waals surface area (Å²) in [6, 6.07) is 13.2. The Balaban J connectivity index is 1.88. The average molecular weight is 362 g/mol. The van der Waals surface area contributed by atoms with Crippen molar-refractivity contribution >= 4 is 11.6 Å². The fourth-order valence-corrected chi connectivity index (χ4v) is 2.72. The summed E-state index contributed by atoms with van der Waals surface area (Å²) in [5, 5.41) is 0.453. The SMILES string of the molecule is Cc1cc(OCc2ccc(F)cc2F)cc(=O)n1-c1ccccc1Cl. The molecule has 3 nitrogen and oxygen atoms in total. The van der Waals surface area contributed by atoms with Crippen molar-refractivity contribution in [2.45, 2.75) is 13.5 Å². The van der Waals surface area contributed by atoms with Crippen molar-refractivity contribution in [3.63, 3.8) is 0 Å². The summed E-state index contributed by atoms with van der Waals surface area (Å²) < 4.78 is 33.5. The van der Waals surface area contributed by atoms with E-state index >= 15 is 0 Å². The molecule has 0 saturated carbocycles. The van der Waals surface area contributed by atoms with Gasteiger partial charge < -0.3 is 4.74 Å². The number of ether oxygens (including phenoxy) is 1. The Morgan fingerprint density at radius 2 is 1.84 bits per heavy atom. The minimum absolute atomic E-state index is 0.110.